The highest BCUT2D eigenvalue weighted by molar-refractivity contribution is 6.27. The predicted molar refractivity (Wildman–Crippen MR) is 114 cm³/mol. The third-order valence-corrected chi connectivity index (χ3v) is 5.86. The molecule has 4 aromatic carbocycles. The maximum atomic E-state index is 13.5. The molecule has 0 saturated heterocycles. The Labute approximate surface area is 163 Å². The van der Waals surface area contributed by atoms with Crippen molar-refractivity contribution in [3.05, 3.63) is 119 Å². The maximum Gasteiger partial charge on any atom is 0.192 e. The Bertz CT molecular complexity index is 1300. The molecule has 2 nitrogen and oxygen atoms in total. The first-order valence-corrected chi connectivity index (χ1v) is 9.55. The van der Waals surface area contributed by atoms with Crippen LogP contribution < -0.4 is 5.32 Å². The highest BCUT2D eigenvalue weighted by atomic mass is 16.1. The summed E-state index contributed by atoms with van der Waals surface area (Å²) in [6, 6.07) is 30.8. The number of fused-ring (bicyclic) bond motifs is 6. The van der Waals surface area contributed by atoms with Gasteiger partial charge >= 0.3 is 0 Å². The van der Waals surface area contributed by atoms with Crippen LogP contribution in [0.3, 0.4) is 0 Å². The molecular formula is C26H17NO. The molecule has 0 bridgehead atoms. The number of rotatable bonds is 1. The van der Waals surface area contributed by atoms with Crippen LogP contribution in [0.5, 0.6) is 0 Å². The number of benzene rings is 4. The molecule has 0 spiro atoms. The summed E-state index contributed by atoms with van der Waals surface area (Å²) in [5, 5.41) is 6.03. The summed E-state index contributed by atoms with van der Waals surface area (Å²) in [6.07, 6.45) is 0. The van der Waals surface area contributed by atoms with Crippen molar-refractivity contribution in [1.29, 1.82) is 0 Å². The van der Waals surface area contributed by atoms with E-state index in [4.69, 9.17) is 0 Å². The van der Waals surface area contributed by atoms with Gasteiger partial charge in [0.1, 0.15) is 0 Å². The van der Waals surface area contributed by atoms with Gasteiger partial charge in [0.15, 0.2) is 5.78 Å². The van der Waals surface area contributed by atoms with Crippen molar-refractivity contribution in [1.82, 2.24) is 0 Å². The zero-order chi connectivity index (χ0) is 18.7. The summed E-state index contributed by atoms with van der Waals surface area (Å²) < 4.78 is 0. The Morgan fingerprint density at radius 1 is 0.679 bits per heavy atom. The number of hydrogen-bond donors (Lipinski definition) is 1. The summed E-state index contributed by atoms with van der Waals surface area (Å²) in [4.78, 5) is 13.5. The lowest BCUT2D eigenvalue weighted by Crippen LogP contribution is -2.22. The van der Waals surface area contributed by atoms with Gasteiger partial charge in [-0.25, -0.2) is 0 Å². The van der Waals surface area contributed by atoms with E-state index in [0.29, 0.717) is 0 Å². The van der Waals surface area contributed by atoms with Crippen molar-refractivity contribution in [2.24, 2.45) is 0 Å². The number of nitrogens with one attached hydrogen (secondary N) is 1. The Morgan fingerprint density at radius 3 is 2.25 bits per heavy atom. The number of carbonyl (C=O) groups is 1. The standard InChI is InChI=1S/C26H17NO/c28-26-20-13-7-6-12-19(20)23-22-18-11-5-4-8-16(18)14-15-21(22)27-25(24(23)26)17-9-2-1-3-10-17/h1-15,25,27H/t25-/m1/s1. The molecule has 4 aromatic rings. The fraction of sp³-hybridized carbons (Fsp3) is 0.0385. The van der Waals surface area contributed by atoms with Crippen LogP contribution in [-0.4, -0.2) is 5.78 Å². The summed E-state index contributed by atoms with van der Waals surface area (Å²) in [5.74, 6) is 0.130. The second-order valence-corrected chi connectivity index (χ2v) is 7.36. The molecule has 0 aromatic heterocycles. The van der Waals surface area contributed by atoms with E-state index in [1.165, 1.54) is 10.8 Å². The first-order chi connectivity index (χ1) is 13.8. The summed E-state index contributed by atoms with van der Waals surface area (Å²) in [5.41, 5.74) is 7.11. The maximum absolute atomic E-state index is 13.5. The van der Waals surface area contributed by atoms with Crippen molar-refractivity contribution < 1.29 is 4.79 Å². The normalized spacial score (nSPS) is 17.1. The van der Waals surface area contributed by atoms with Gasteiger partial charge in [-0.1, -0.05) is 84.9 Å². The largest absolute Gasteiger partial charge is 0.373 e. The molecule has 0 unspecified atom stereocenters. The SMILES string of the molecule is O=C1C2=C(c3ccccc31)c1c(ccc3ccccc13)N[C@@H]2c1ccccc1. The van der Waals surface area contributed by atoms with E-state index in [-0.39, 0.29) is 11.8 Å². The second-order valence-electron chi connectivity index (χ2n) is 7.36. The highest BCUT2D eigenvalue weighted by Crippen LogP contribution is 2.51. The molecule has 1 aliphatic heterocycles. The average Bonchev–Trinajstić information content (AvgIpc) is 3.07. The van der Waals surface area contributed by atoms with Gasteiger partial charge in [-0.2, -0.15) is 0 Å². The Hall–Kier alpha value is -3.65. The topological polar surface area (TPSA) is 29.1 Å². The lowest BCUT2D eigenvalue weighted by atomic mass is 9.84. The summed E-state index contributed by atoms with van der Waals surface area (Å²) in [7, 11) is 0. The zero-order valence-corrected chi connectivity index (χ0v) is 15.1. The lowest BCUT2D eigenvalue weighted by molar-refractivity contribution is 0.103. The molecular weight excluding hydrogens is 342 g/mol. The van der Waals surface area contributed by atoms with Crippen LogP contribution >= 0.6 is 0 Å². The van der Waals surface area contributed by atoms with Crippen LogP contribution in [-0.2, 0) is 0 Å². The van der Waals surface area contributed by atoms with Crippen LogP contribution in [0.2, 0.25) is 0 Å². The third kappa shape index (κ3) is 2.00. The van der Waals surface area contributed by atoms with Crippen LogP contribution in [0.25, 0.3) is 16.3 Å². The van der Waals surface area contributed by atoms with Gasteiger partial charge in [-0.3, -0.25) is 4.79 Å². The van der Waals surface area contributed by atoms with Crippen molar-refractivity contribution >= 4 is 27.8 Å². The fourth-order valence-corrected chi connectivity index (χ4v) is 4.63. The molecule has 0 amide bonds. The van der Waals surface area contributed by atoms with Crippen LogP contribution in [0.1, 0.15) is 33.1 Å². The van der Waals surface area contributed by atoms with E-state index in [1.54, 1.807) is 0 Å². The molecule has 28 heavy (non-hydrogen) atoms. The van der Waals surface area contributed by atoms with Gasteiger partial charge in [-0.05, 0) is 28.0 Å². The minimum atomic E-state index is -0.148. The van der Waals surface area contributed by atoms with Gasteiger partial charge in [0.05, 0.1) is 6.04 Å². The number of ketones is 1. The number of carbonyl (C=O) groups excluding carboxylic acids is 1. The Kier molecular flexibility index (Phi) is 3.12. The first-order valence-electron chi connectivity index (χ1n) is 9.55. The van der Waals surface area contributed by atoms with Crippen molar-refractivity contribution in [3.8, 4) is 0 Å². The number of Topliss-reactive ketones (excluding diaryl/α,β-unsaturated/α-hetero) is 1. The minimum absolute atomic E-state index is 0.130. The van der Waals surface area contributed by atoms with Gasteiger partial charge in [-0.15, -0.1) is 0 Å². The van der Waals surface area contributed by atoms with Crippen LogP contribution in [0.15, 0.2) is 96.6 Å². The van der Waals surface area contributed by atoms with Gasteiger partial charge in [0.25, 0.3) is 0 Å². The molecule has 132 valence electrons. The predicted octanol–water partition coefficient (Wildman–Crippen LogP) is 6.00. The Morgan fingerprint density at radius 2 is 1.39 bits per heavy atom. The smallest absolute Gasteiger partial charge is 0.192 e. The minimum Gasteiger partial charge on any atom is -0.373 e. The van der Waals surface area contributed by atoms with Crippen molar-refractivity contribution in [2.45, 2.75) is 6.04 Å². The summed E-state index contributed by atoms with van der Waals surface area (Å²) >= 11 is 0. The van der Waals surface area contributed by atoms with Crippen LogP contribution in [0, 0.1) is 0 Å². The first kappa shape index (κ1) is 15.4. The molecule has 1 atom stereocenters. The molecule has 1 N–H and O–H groups in total. The summed E-state index contributed by atoms with van der Waals surface area (Å²) in [6.45, 7) is 0. The van der Waals surface area contributed by atoms with Crippen molar-refractivity contribution in [3.63, 3.8) is 0 Å². The molecule has 1 aliphatic carbocycles. The molecule has 2 heteroatoms. The van der Waals surface area contributed by atoms with Gasteiger partial charge in [0.2, 0.25) is 0 Å². The van der Waals surface area contributed by atoms with E-state index in [9.17, 15) is 4.79 Å². The van der Waals surface area contributed by atoms with E-state index in [0.717, 1.165) is 39.1 Å². The van der Waals surface area contributed by atoms with Gasteiger partial charge < -0.3 is 5.32 Å². The molecule has 6 rings (SSSR count). The molecule has 0 fully saturated rings. The van der Waals surface area contributed by atoms with E-state index >= 15 is 0 Å². The number of hydrogen-bond acceptors (Lipinski definition) is 2. The second kappa shape index (κ2) is 5.67. The van der Waals surface area contributed by atoms with E-state index in [1.807, 2.05) is 36.4 Å². The van der Waals surface area contributed by atoms with E-state index < -0.39 is 0 Å². The third-order valence-electron chi connectivity index (χ3n) is 5.86. The lowest BCUT2D eigenvalue weighted by Gasteiger charge is -2.30. The highest BCUT2D eigenvalue weighted by Gasteiger charge is 2.39. The molecule has 0 saturated carbocycles. The van der Waals surface area contributed by atoms with Crippen LogP contribution in [0.4, 0.5) is 5.69 Å². The monoisotopic (exact) mass is 359 g/mol. The van der Waals surface area contributed by atoms with Crippen molar-refractivity contribution in [2.75, 3.05) is 5.32 Å². The molecule has 1 heterocycles. The fourth-order valence-electron chi connectivity index (χ4n) is 4.63. The quantitative estimate of drug-likeness (QED) is 0.451. The van der Waals surface area contributed by atoms with E-state index in [2.05, 4.69) is 59.9 Å². The van der Waals surface area contributed by atoms with Gasteiger partial charge in [0, 0.05) is 28.0 Å². The number of anilines is 1. The zero-order valence-electron chi connectivity index (χ0n) is 15.1. The molecule has 0 radical (unpaired) electrons. The average molecular weight is 359 g/mol. The Balaban J connectivity index is 1.73. The molecule has 2 aliphatic rings.